The van der Waals surface area contributed by atoms with Crippen molar-refractivity contribution in [1.29, 1.82) is 0 Å². The largest absolute Gasteiger partial charge is 0.346 e. The van der Waals surface area contributed by atoms with Crippen LogP contribution in [0.2, 0.25) is 0 Å². The molecular weight excluding hydrogens is 386 g/mol. The van der Waals surface area contributed by atoms with Gasteiger partial charge >= 0.3 is 5.69 Å². The molecule has 1 unspecified atom stereocenters. The van der Waals surface area contributed by atoms with Crippen LogP contribution in [0.1, 0.15) is 51.7 Å². The van der Waals surface area contributed by atoms with E-state index in [0.717, 1.165) is 16.3 Å². The van der Waals surface area contributed by atoms with E-state index in [1.165, 1.54) is 16.0 Å². The summed E-state index contributed by atoms with van der Waals surface area (Å²) >= 11 is 1.41. The zero-order valence-corrected chi connectivity index (χ0v) is 17.9. The first-order valence-electron chi connectivity index (χ1n) is 9.84. The molecule has 0 bridgehead atoms. The van der Waals surface area contributed by atoms with E-state index >= 15 is 0 Å². The highest BCUT2D eigenvalue weighted by atomic mass is 32.1. The standard InChI is InChI=1S/C21H25N5O2S/c1-13(2)12-26-21(28)25-11-10-24(20(27)18-14(3)22-15(4)29-18)17(19(25)23-26)16-8-6-5-7-9-16/h5-9,13,17H,10-12H2,1-4H3. The molecule has 152 valence electrons. The molecule has 3 heterocycles. The highest BCUT2D eigenvalue weighted by Gasteiger charge is 2.37. The van der Waals surface area contributed by atoms with Crippen LogP contribution < -0.4 is 5.69 Å². The Balaban J connectivity index is 1.83. The number of thiazole rings is 1. The number of hydrogen-bond donors (Lipinski definition) is 0. The number of benzene rings is 1. The predicted octanol–water partition coefficient (Wildman–Crippen LogP) is 3.02. The third-order valence-electron chi connectivity index (χ3n) is 5.08. The first-order valence-corrected chi connectivity index (χ1v) is 10.7. The minimum Gasteiger partial charge on any atom is -0.322 e. The maximum absolute atomic E-state index is 13.5. The average Bonchev–Trinajstić information content (AvgIpc) is 3.19. The molecule has 1 aromatic carbocycles. The monoisotopic (exact) mass is 411 g/mol. The van der Waals surface area contributed by atoms with E-state index in [1.54, 1.807) is 4.57 Å². The molecule has 29 heavy (non-hydrogen) atoms. The number of carbonyl (C=O) groups excluding carboxylic acids is 1. The number of rotatable bonds is 4. The molecule has 0 saturated carbocycles. The molecule has 0 spiro atoms. The van der Waals surface area contributed by atoms with Gasteiger partial charge in [0.25, 0.3) is 5.91 Å². The van der Waals surface area contributed by atoms with E-state index < -0.39 is 6.04 Å². The number of fused-ring (bicyclic) bond motifs is 1. The number of carbonyl (C=O) groups is 1. The summed E-state index contributed by atoms with van der Waals surface area (Å²) < 4.78 is 3.25. The van der Waals surface area contributed by atoms with Gasteiger partial charge in [-0.1, -0.05) is 44.2 Å². The summed E-state index contributed by atoms with van der Waals surface area (Å²) in [4.78, 5) is 33.3. The van der Waals surface area contributed by atoms with Gasteiger partial charge in [-0.2, -0.15) is 5.10 Å². The number of hydrogen-bond acceptors (Lipinski definition) is 5. The van der Waals surface area contributed by atoms with E-state index in [4.69, 9.17) is 0 Å². The van der Waals surface area contributed by atoms with Gasteiger partial charge in [-0.3, -0.25) is 9.36 Å². The van der Waals surface area contributed by atoms with Gasteiger partial charge in [-0.15, -0.1) is 11.3 Å². The van der Waals surface area contributed by atoms with Crippen LogP contribution in [0.25, 0.3) is 0 Å². The molecule has 0 aliphatic carbocycles. The van der Waals surface area contributed by atoms with Crippen LogP contribution in [0.3, 0.4) is 0 Å². The third kappa shape index (κ3) is 3.53. The smallest absolute Gasteiger partial charge is 0.322 e. The Morgan fingerprint density at radius 1 is 1.21 bits per heavy atom. The molecule has 0 saturated heterocycles. The van der Waals surface area contributed by atoms with E-state index in [2.05, 4.69) is 23.9 Å². The van der Waals surface area contributed by atoms with Crippen LogP contribution in [0.4, 0.5) is 0 Å². The van der Waals surface area contributed by atoms with Crippen LogP contribution in [0.5, 0.6) is 0 Å². The summed E-state index contributed by atoms with van der Waals surface area (Å²) in [6.45, 7) is 9.35. The lowest BCUT2D eigenvalue weighted by Gasteiger charge is -2.35. The van der Waals surface area contributed by atoms with Crippen molar-refractivity contribution in [3.8, 4) is 0 Å². The van der Waals surface area contributed by atoms with Gasteiger partial charge in [0.15, 0.2) is 5.82 Å². The lowest BCUT2D eigenvalue weighted by atomic mass is 10.0. The molecule has 8 heteroatoms. The van der Waals surface area contributed by atoms with E-state index in [1.807, 2.05) is 49.1 Å². The van der Waals surface area contributed by atoms with E-state index in [0.29, 0.717) is 36.3 Å². The van der Waals surface area contributed by atoms with Crippen LogP contribution in [0, 0.1) is 19.8 Å². The van der Waals surface area contributed by atoms with E-state index in [-0.39, 0.29) is 11.6 Å². The second-order valence-corrected chi connectivity index (χ2v) is 9.03. The highest BCUT2D eigenvalue weighted by Crippen LogP contribution is 2.32. The van der Waals surface area contributed by atoms with Gasteiger partial charge in [0.1, 0.15) is 10.9 Å². The van der Waals surface area contributed by atoms with Gasteiger partial charge < -0.3 is 4.90 Å². The summed E-state index contributed by atoms with van der Waals surface area (Å²) in [7, 11) is 0. The summed E-state index contributed by atoms with van der Waals surface area (Å²) in [6.07, 6.45) is 0. The molecule has 1 aliphatic heterocycles. The van der Waals surface area contributed by atoms with Gasteiger partial charge in [0, 0.05) is 19.6 Å². The Hall–Kier alpha value is -2.74. The van der Waals surface area contributed by atoms with Gasteiger partial charge in [0.2, 0.25) is 0 Å². The summed E-state index contributed by atoms with van der Waals surface area (Å²) in [6, 6.07) is 9.40. The topological polar surface area (TPSA) is 73.0 Å². The molecule has 2 aromatic heterocycles. The minimum absolute atomic E-state index is 0.0564. The minimum atomic E-state index is -0.402. The molecule has 0 radical (unpaired) electrons. The van der Waals surface area contributed by atoms with Crippen molar-refractivity contribution in [1.82, 2.24) is 24.2 Å². The Bertz CT molecular complexity index is 1100. The zero-order chi connectivity index (χ0) is 20.7. The highest BCUT2D eigenvalue weighted by molar-refractivity contribution is 7.13. The Morgan fingerprint density at radius 3 is 2.55 bits per heavy atom. The Morgan fingerprint density at radius 2 is 1.93 bits per heavy atom. The second-order valence-electron chi connectivity index (χ2n) is 7.83. The number of nitrogens with zero attached hydrogens (tertiary/aromatic N) is 5. The van der Waals surface area contributed by atoms with Crippen molar-refractivity contribution in [2.75, 3.05) is 6.54 Å². The molecule has 3 aromatic rings. The predicted molar refractivity (Wildman–Crippen MR) is 112 cm³/mol. The van der Waals surface area contributed by atoms with Gasteiger partial charge in [-0.25, -0.2) is 14.5 Å². The number of aryl methyl sites for hydroxylation is 2. The van der Waals surface area contributed by atoms with Crippen molar-refractivity contribution in [3.05, 3.63) is 67.8 Å². The first kappa shape index (κ1) is 19.6. The normalized spacial score (nSPS) is 16.3. The lowest BCUT2D eigenvalue weighted by molar-refractivity contribution is 0.0661. The van der Waals surface area contributed by atoms with Crippen molar-refractivity contribution in [2.24, 2.45) is 5.92 Å². The Kier molecular flexibility index (Phi) is 5.12. The summed E-state index contributed by atoms with van der Waals surface area (Å²) in [5, 5.41) is 5.54. The zero-order valence-electron chi connectivity index (χ0n) is 17.1. The van der Waals surface area contributed by atoms with Crippen LogP contribution in [0.15, 0.2) is 35.1 Å². The summed E-state index contributed by atoms with van der Waals surface area (Å²) in [5.74, 6) is 0.875. The van der Waals surface area contributed by atoms with Gasteiger partial charge in [-0.05, 0) is 25.3 Å². The maximum atomic E-state index is 13.5. The van der Waals surface area contributed by atoms with Crippen LogP contribution in [-0.4, -0.2) is 36.7 Å². The molecule has 4 rings (SSSR count). The summed E-state index contributed by atoms with van der Waals surface area (Å²) in [5.41, 5.74) is 1.59. The molecule has 1 atom stereocenters. The molecular formula is C21H25N5O2S. The van der Waals surface area contributed by atoms with E-state index in [9.17, 15) is 9.59 Å². The molecule has 7 nitrogen and oxygen atoms in total. The molecule has 1 aliphatic rings. The second kappa shape index (κ2) is 7.59. The quantitative estimate of drug-likeness (QED) is 0.662. The van der Waals surface area contributed by atoms with Gasteiger partial charge in [0.05, 0.1) is 10.7 Å². The first-order chi connectivity index (χ1) is 13.9. The van der Waals surface area contributed by atoms with Crippen LogP contribution in [-0.2, 0) is 13.1 Å². The third-order valence-corrected chi connectivity index (χ3v) is 6.15. The fourth-order valence-corrected chi connectivity index (χ4v) is 4.73. The Labute approximate surface area is 173 Å². The molecule has 1 amide bonds. The number of aromatic nitrogens is 4. The molecule has 0 N–H and O–H groups in total. The number of amides is 1. The van der Waals surface area contributed by atoms with Crippen molar-refractivity contribution < 1.29 is 4.79 Å². The maximum Gasteiger partial charge on any atom is 0.346 e. The van der Waals surface area contributed by atoms with Crippen molar-refractivity contribution in [2.45, 2.75) is 46.8 Å². The fourth-order valence-electron chi connectivity index (χ4n) is 3.85. The molecule has 0 fully saturated rings. The van der Waals surface area contributed by atoms with Crippen molar-refractivity contribution >= 4 is 17.2 Å². The van der Waals surface area contributed by atoms with Crippen molar-refractivity contribution in [3.63, 3.8) is 0 Å². The average molecular weight is 412 g/mol. The van der Waals surface area contributed by atoms with Crippen LogP contribution >= 0.6 is 11.3 Å². The lowest BCUT2D eigenvalue weighted by Crippen LogP contribution is -2.44. The SMILES string of the molecule is Cc1nc(C)c(C(=O)N2CCn3c(nn(CC(C)C)c3=O)C2c2ccccc2)s1. The fraction of sp³-hybridized carbons (Fsp3) is 0.429.